The second kappa shape index (κ2) is 9.04. The minimum absolute atomic E-state index is 0.302. The van der Waals surface area contributed by atoms with Crippen LogP contribution in [0.2, 0.25) is 5.02 Å². The van der Waals surface area contributed by atoms with Crippen molar-refractivity contribution in [3.63, 3.8) is 0 Å². The number of benzene rings is 2. The molecule has 1 amide bonds. The topological polar surface area (TPSA) is 92.9 Å². The Morgan fingerprint density at radius 3 is 2.50 bits per heavy atom. The number of aromatic nitrogens is 1. The zero-order chi connectivity index (χ0) is 22.8. The van der Waals surface area contributed by atoms with Gasteiger partial charge in [-0.05, 0) is 62.6 Å². The van der Waals surface area contributed by atoms with Gasteiger partial charge in [0.15, 0.2) is 0 Å². The normalized spacial score (nSPS) is 18.0. The molecule has 1 aliphatic rings. The van der Waals surface area contributed by atoms with Crippen LogP contribution < -0.4 is 4.74 Å². The number of carbonyl (C=O) groups is 2. The summed E-state index contributed by atoms with van der Waals surface area (Å²) in [6, 6.07) is 12.6. The molecule has 166 valence electrons. The van der Waals surface area contributed by atoms with Gasteiger partial charge in [0.1, 0.15) is 24.2 Å². The molecule has 0 bridgehead atoms. The van der Waals surface area contributed by atoms with Crippen molar-refractivity contribution in [1.82, 2.24) is 10.1 Å². The standard InChI is InChI=1S/C24H23ClN2O5/c1-14-19(15(2)32-26-14)13-31-17-9-7-16(8-10-17)23(28)27-21(11-12-22(27)24(29)30)18-5-3-4-6-20(18)25/h3-10,21-22H,11-13H2,1-2H3,(H,29,30)/t21-,22+/m1/s1. The van der Waals surface area contributed by atoms with E-state index in [1.54, 1.807) is 30.3 Å². The number of aliphatic carboxylic acids is 1. The first-order valence-corrected chi connectivity index (χ1v) is 10.7. The Balaban J connectivity index is 1.54. The molecular weight excluding hydrogens is 432 g/mol. The summed E-state index contributed by atoms with van der Waals surface area (Å²) in [5, 5.41) is 14.1. The van der Waals surface area contributed by atoms with Gasteiger partial charge in [-0.15, -0.1) is 0 Å². The summed E-state index contributed by atoms with van der Waals surface area (Å²) in [5.74, 6) is -0.0847. The van der Waals surface area contributed by atoms with Crippen molar-refractivity contribution < 1.29 is 24.0 Å². The molecular formula is C24H23ClN2O5. The van der Waals surface area contributed by atoms with Crippen molar-refractivity contribution in [3.05, 3.63) is 81.7 Å². The first-order valence-electron chi connectivity index (χ1n) is 10.3. The number of amides is 1. The lowest BCUT2D eigenvalue weighted by Crippen LogP contribution is -2.41. The average molecular weight is 455 g/mol. The molecule has 0 aliphatic carbocycles. The molecule has 3 aromatic rings. The van der Waals surface area contributed by atoms with E-state index in [9.17, 15) is 14.7 Å². The first-order chi connectivity index (χ1) is 15.4. The maximum atomic E-state index is 13.4. The number of aryl methyl sites for hydroxylation is 2. The van der Waals surface area contributed by atoms with Crippen LogP contribution in [-0.2, 0) is 11.4 Å². The molecule has 1 N–H and O–H groups in total. The van der Waals surface area contributed by atoms with Crippen LogP contribution in [0.1, 0.15) is 51.8 Å². The Hall–Kier alpha value is -3.32. The molecule has 0 spiro atoms. The van der Waals surface area contributed by atoms with Crippen molar-refractivity contribution in [3.8, 4) is 5.75 Å². The SMILES string of the molecule is Cc1noc(C)c1COc1ccc(C(=O)N2[C@@H](c3ccccc3Cl)CC[C@H]2C(=O)O)cc1. The molecule has 1 fully saturated rings. The van der Waals surface area contributed by atoms with Crippen LogP contribution >= 0.6 is 11.6 Å². The van der Waals surface area contributed by atoms with Gasteiger partial charge < -0.3 is 19.3 Å². The van der Waals surface area contributed by atoms with Gasteiger partial charge in [0.2, 0.25) is 0 Å². The van der Waals surface area contributed by atoms with Crippen molar-refractivity contribution in [1.29, 1.82) is 0 Å². The number of carboxylic acids is 1. The van der Waals surface area contributed by atoms with E-state index in [4.69, 9.17) is 20.9 Å². The highest BCUT2D eigenvalue weighted by molar-refractivity contribution is 6.31. The van der Waals surface area contributed by atoms with E-state index in [0.29, 0.717) is 41.5 Å². The number of likely N-dealkylation sites (tertiary alicyclic amines) is 1. The monoisotopic (exact) mass is 454 g/mol. The third-order valence-corrected chi connectivity index (χ3v) is 6.18. The fourth-order valence-electron chi connectivity index (χ4n) is 4.09. The molecule has 1 aliphatic heterocycles. The molecule has 2 aromatic carbocycles. The third kappa shape index (κ3) is 4.21. The number of halogens is 1. The number of hydrogen-bond donors (Lipinski definition) is 1. The molecule has 2 heterocycles. The molecule has 2 atom stereocenters. The van der Waals surface area contributed by atoms with Gasteiger partial charge in [-0.2, -0.15) is 0 Å². The number of carboxylic acid groups (broad SMARTS) is 1. The Bertz CT molecular complexity index is 1120. The molecule has 1 aromatic heterocycles. The molecule has 1 saturated heterocycles. The lowest BCUT2D eigenvalue weighted by atomic mass is 10.0. The predicted molar refractivity (Wildman–Crippen MR) is 118 cm³/mol. The van der Waals surface area contributed by atoms with Crippen LogP contribution in [0.3, 0.4) is 0 Å². The summed E-state index contributed by atoms with van der Waals surface area (Å²) in [6.07, 6.45) is 0.903. The van der Waals surface area contributed by atoms with E-state index >= 15 is 0 Å². The Morgan fingerprint density at radius 1 is 1.16 bits per heavy atom. The molecule has 0 unspecified atom stereocenters. The first kappa shape index (κ1) is 21.9. The van der Waals surface area contributed by atoms with Crippen LogP contribution in [0.5, 0.6) is 5.75 Å². The molecule has 0 radical (unpaired) electrons. The number of hydrogen-bond acceptors (Lipinski definition) is 5. The highest BCUT2D eigenvalue weighted by Gasteiger charge is 2.42. The fourth-order valence-corrected chi connectivity index (χ4v) is 4.36. The van der Waals surface area contributed by atoms with E-state index in [0.717, 1.165) is 16.8 Å². The van der Waals surface area contributed by atoms with Crippen LogP contribution in [-0.4, -0.2) is 33.1 Å². The fraction of sp³-hybridized carbons (Fsp3) is 0.292. The van der Waals surface area contributed by atoms with Crippen molar-refractivity contribution >= 4 is 23.5 Å². The van der Waals surface area contributed by atoms with Crippen LogP contribution in [0.25, 0.3) is 0 Å². The molecule has 7 nitrogen and oxygen atoms in total. The van der Waals surface area contributed by atoms with Gasteiger partial charge in [-0.3, -0.25) is 4.79 Å². The van der Waals surface area contributed by atoms with E-state index in [2.05, 4.69) is 5.16 Å². The van der Waals surface area contributed by atoms with Crippen molar-refractivity contribution in [2.75, 3.05) is 0 Å². The van der Waals surface area contributed by atoms with Gasteiger partial charge in [0, 0.05) is 10.6 Å². The van der Waals surface area contributed by atoms with Crippen molar-refractivity contribution in [2.24, 2.45) is 0 Å². The zero-order valence-electron chi connectivity index (χ0n) is 17.7. The summed E-state index contributed by atoms with van der Waals surface area (Å²) in [7, 11) is 0. The highest BCUT2D eigenvalue weighted by atomic mass is 35.5. The average Bonchev–Trinajstić information content (AvgIpc) is 3.36. The lowest BCUT2D eigenvalue weighted by molar-refractivity contribution is -0.141. The Kier molecular flexibility index (Phi) is 6.19. The molecule has 8 heteroatoms. The highest BCUT2D eigenvalue weighted by Crippen LogP contribution is 2.40. The van der Waals surface area contributed by atoms with E-state index in [-0.39, 0.29) is 5.91 Å². The summed E-state index contributed by atoms with van der Waals surface area (Å²) < 4.78 is 10.9. The molecule has 4 rings (SSSR count). The number of carbonyl (C=O) groups excluding carboxylic acids is 1. The minimum Gasteiger partial charge on any atom is -0.489 e. The van der Waals surface area contributed by atoms with Gasteiger partial charge in [0.25, 0.3) is 5.91 Å². The Morgan fingerprint density at radius 2 is 1.88 bits per heavy atom. The molecule has 0 saturated carbocycles. The summed E-state index contributed by atoms with van der Waals surface area (Å²) in [5.41, 5.74) is 2.80. The van der Waals surface area contributed by atoms with Gasteiger partial charge in [-0.1, -0.05) is 35.0 Å². The maximum Gasteiger partial charge on any atom is 0.326 e. The lowest BCUT2D eigenvalue weighted by Gasteiger charge is -2.29. The van der Waals surface area contributed by atoms with Crippen LogP contribution in [0.4, 0.5) is 0 Å². The van der Waals surface area contributed by atoms with E-state index in [1.807, 2.05) is 32.0 Å². The summed E-state index contributed by atoms with van der Waals surface area (Å²) in [6.45, 7) is 3.97. The van der Waals surface area contributed by atoms with Gasteiger partial charge in [-0.25, -0.2) is 4.79 Å². The molecule has 32 heavy (non-hydrogen) atoms. The van der Waals surface area contributed by atoms with E-state index < -0.39 is 18.1 Å². The quantitative estimate of drug-likeness (QED) is 0.566. The largest absolute Gasteiger partial charge is 0.489 e. The smallest absolute Gasteiger partial charge is 0.326 e. The predicted octanol–water partition coefficient (Wildman–Crippen LogP) is 4.95. The number of nitrogens with zero attached hydrogens (tertiary/aromatic N) is 2. The summed E-state index contributed by atoms with van der Waals surface area (Å²) in [4.78, 5) is 26.7. The second-order valence-corrected chi connectivity index (χ2v) is 8.20. The van der Waals surface area contributed by atoms with Gasteiger partial charge >= 0.3 is 5.97 Å². The second-order valence-electron chi connectivity index (χ2n) is 7.80. The van der Waals surface area contributed by atoms with Gasteiger partial charge in [0.05, 0.1) is 17.3 Å². The number of rotatable bonds is 6. The third-order valence-electron chi connectivity index (χ3n) is 5.83. The maximum absolute atomic E-state index is 13.4. The van der Waals surface area contributed by atoms with Crippen molar-refractivity contribution in [2.45, 2.75) is 45.4 Å². The number of ether oxygens (including phenoxy) is 1. The zero-order valence-corrected chi connectivity index (χ0v) is 18.5. The summed E-state index contributed by atoms with van der Waals surface area (Å²) >= 11 is 6.35. The van der Waals surface area contributed by atoms with E-state index in [1.165, 1.54) is 4.90 Å². The van der Waals surface area contributed by atoms with Crippen LogP contribution in [0, 0.1) is 13.8 Å². The minimum atomic E-state index is -1.02. The Labute approximate surface area is 190 Å². The van der Waals surface area contributed by atoms with Crippen LogP contribution in [0.15, 0.2) is 53.1 Å².